The first kappa shape index (κ1) is 12.2. The van der Waals surface area contributed by atoms with E-state index in [1.165, 1.54) is 12.5 Å². The second kappa shape index (κ2) is 4.73. The van der Waals surface area contributed by atoms with Gasteiger partial charge in [0.05, 0.1) is 12.5 Å². The maximum absolute atomic E-state index is 11.7. The van der Waals surface area contributed by atoms with Crippen molar-refractivity contribution < 1.29 is 8.42 Å². The van der Waals surface area contributed by atoms with Crippen molar-refractivity contribution in [1.82, 2.24) is 14.7 Å². The Hall–Kier alpha value is -0.920. The highest BCUT2D eigenvalue weighted by molar-refractivity contribution is 7.89. The van der Waals surface area contributed by atoms with Crippen molar-refractivity contribution in [2.45, 2.75) is 37.4 Å². The van der Waals surface area contributed by atoms with Crippen molar-refractivity contribution >= 4 is 10.0 Å². The van der Waals surface area contributed by atoms with Crippen molar-refractivity contribution in [3.8, 4) is 0 Å². The van der Waals surface area contributed by atoms with Crippen LogP contribution in [0.15, 0.2) is 17.6 Å². The van der Waals surface area contributed by atoms with E-state index in [0.717, 1.165) is 0 Å². The minimum Gasteiger partial charge on any atom is -0.335 e. The van der Waals surface area contributed by atoms with Crippen LogP contribution < -0.4 is 10.5 Å². The van der Waals surface area contributed by atoms with E-state index in [4.69, 9.17) is 5.73 Å². The number of hydrogen-bond donors (Lipinski definition) is 3. The van der Waals surface area contributed by atoms with E-state index < -0.39 is 10.0 Å². The molecule has 0 amide bonds. The van der Waals surface area contributed by atoms with Gasteiger partial charge in [-0.25, -0.2) is 18.1 Å². The molecule has 0 aromatic carbocycles. The maximum atomic E-state index is 11.7. The lowest BCUT2D eigenvalue weighted by Crippen LogP contribution is -2.36. The highest BCUT2D eigenvalue weighted by Crippen LogP contribution is 2.05. The Morgan fingerprint density at radius 3 is 2.73 bits per heavy atom. The fourth-order valence-corrected chi connectivity index (χ4v) is 2.48. The second-order valence-electron chi connectivity index (χ2n) is 3.65. The average Bonchev–Trinajstić information content (AvgIpc) is 2.51. The Kier molecular flexibility index (Phi) is 3.83. The summed E-state index contributed by atoms with van der Waals surface area (Å²) in [7, 11) is -3.49. The summed E-state index contributed by atoms with van der Waals surface area (Å²) in [6, 6.07) is -0.234. The van der Waals surface area contributed by atoms with E-state index >= 15 is 0 Å². The fraction of sp³-hybridized carbons (Fsp3) is 0.625. The first-order valence-corrected chi connectivity index (χ1v) is 6.16. The van der Waals surface area contributed by atoms with Gasteiger partial charge in [0.1, 0.15) is 0 Å². The minimum absolute atomic E-state index is 0.0375. The lowest BCUT2D eigenvalue weighted by molar-refractivity contribution is 0.517. The van der Waals surface area contributed by atoms with Gasteiger partial charge in [-0.2, -0.15) is 0 Å². The quantitative estimate of drug-likeness (QED) is 0.655. The molecule has 2 unspecified atom stereocenters. The van der Waals surface area contributed by atoms with Gasteiger partial charge in [-0.1, -0.05) is 0 Å². The van der Waals surface area contributed by atoms with Crippen molar-refractivity contribution in [1.29, 1.82) is 0 Å². The molecule has 0 saturated heterocycles. The van der Waals surface area contributed by atoms with Gasteiger partial charge in [-0.05, 0) is 20.3 Å². The van der Waals surface area contributed by atoms with Crippen molar-refractivity contribution in [3.05, 3.63) is 12.5 Å². The molecule has 1 heterocycles. The second-order valence-corrected chi connectivity index (χ2v) is 5.33. The Bertz CT molecular complexity index is 385. The number of aromatic amines is 1. The number of aromatic nitrogens is 2. The molecule has 0 saturated carbocycles. The Morgan fingerprint density at radius 2 is 2.27 bits per heavy atom. The number of hydrogen-bond acceptors (Lipinski definition) is 4. The molecule has 86 valence electrons. The predicted molar refractivity (Wildman–Crippen MR) is 56.6 cm³/mol. The summed E-state index contributed by atoms with van der Waals surface area (Å²) in [6.07, 6.45) is 3.18. The SMILES string of the molecule is CC(N)CC(C)NS(=O)(=O)c1cnc[nH]1. The van der Waals surface area contributed by atoms with Gasteiger partial charge in [-0.3, -0.25) is 0 Å². The molecule has 4 N–H and O–H groups in total. The van der Waals surface area contributed by atoms with Crippen molar-refractivity contribution in [2.75, 3.05) is 0 Å². The van der Waals surface area contributed by atoms with Crippen LogP contribution in [0.1, 0.15) is 20.3 Å². The van der Waals surface area contributed by atoms with E-state index in [9.17, 15) is 8.42 Å². The van der Waals surface area contributed by atoms with E-state index in [1.54, 1.807) is 6.92 Å². The normalized spacial score (nSPS) is 16.2. The summed E-state index contributed by atoms with van der Waals surface area (Å²) in [5.41, 5.74) is 5.58. The number of nitrogens with one attached hydrogen (secondary N) is 2. The minimum atomic E-state index is -3.49. The van der Waals surface area contributed by atoms with Crippen LogP contribution in [-0.4, -0.2) is 30.5 Å². The van der Waals surface area contributed by atoms with Crippen LogP contribution in [-0.2, 0) is 10.0 Å². The molecule has 0 aliphatic rings. The fourth-order valence-electron chi connectivity index (χ4n) is 1.32. The zero-order valence-electron chi connectivity index (χ0n) is 8.77. The van der Waals surface area contributed by atoms with Gasteiger partial charge in [-0.15, -0.1) is 0 Å². The largest absolute Gasteiger partial charge is 0.335 e. The standard InChI is InChI=1S/C8H16N4O2S/c1-6(9)3-7(2)12-15(13,14)8-4-10-5-11-8/h4-7,12H,3,9H2,1-2H3,(H,10,11). The molecule has 1 aromatic heterocycles. The Labute approximate surface area is 89.3 Å². The summed E-state index contributed by atoms with van der Waals surface area (Å²) in [4.78, 5) is 6.20. The third-order valence-electron chi connectivity index (χ3n) is 1.84. The zero-order valence-corrected chi connectivity index (χ0v) is 9.58. The van der Waals surface area contributed by atoms with Gasteiger partial charge in [0.25, 0.3) is 10.0 Å². The smallest absolute Gasteiger partial charge is 0.257 e. The van der Waals surface area contributed by atoms with Crippen LogP contribution in [0.25, 0.3) is 0 Å². The van der Waals surface area contributed by atoms with E-state index in [-0.39, 0.29) is 17.1 Å². The van der Waals surface area contributed by atoms with Crippen LogP contribution >= 0.6 is 0 Å². The van der Waals surface area contributed by atoms with Crippen molar-refractivity contribution in [3.63, 3.8) is 0 Å². The van der Waals surface area contributed by atoms with E-state index in [1.807, 2.05) is 6.92 Å². The lowest BCUT2D eigenvalue weighted by atomic mass is 10.1. The third kappa shape index (κ3) is 3.61. The molecule has 2 atom stereocenters. The maximum Gasteiger partial charge on any atom is 0.257 e. The molecule has 0 aliphatic heterocycles. The molecule has 15 heavy (non-hydrogen) atoms. The van der Waals surface area contributed by atoms with Gasteiger partial charge in [0.15, 0.2) is 5.03 Å². The van der Waals surface area contributed by atoms with Gasteiger partial charge >= 0.3 is 0 Å². The third-order valence-corrected chi connectivity index (χ3v) is 3.36. The van der Waals surface area contributed by atoms with E-state index in [0.29, 0.717) is 6.42 Å². The predicted octanol–water partition coefficient (Wildman–Crippen LogP) is -0.186. The molecule has 0 aliphatic carbocycles. The van der Waals surface area contributed by atoms with Crippen LogP contribution in [0.3, 0.4) is 0 Å². The molecule has 0 bridgehead atoms. The van der Waals surface area contributed by atoms with Gasteiger partial charge in [0.2, 0.25) is 0 Å². The number of rotatable bonds is 5. The number of nitrogens with two attached hydrogens (primary N) is 1. The number of H-pyrrole nitrogens is 1. The van der Waals surface area contributed by atoms with Gasteiger partial charge in [0, 0.05) is 12.1 Å². The number of nitrogens with zero attached hydrogens (tertiary/aromatic N) is 1. The highest BCUT2D eigenvalue weighted by atomic mass is 32.2. The van der Waals surface area contributed by atoms with Crippen LogP contribution in [0.2, 0.25) is 0 Å². The van der Waals surface area contributed by atoms with E-state index in [2.05, 4.69) is 14.7 Å². The van der Waals surface area contributed by atoms with Crippen LogP contribution in [0, 0.1) is 0 Å². The summed E-state index contributed by atoms with van der Waals surface area (Å²) in [5.74, 6) is 0. The number of sulfonamides is 1. The molecule has 1 rings (SSSR count). The molecule has 0 spiro atoms. The molecule has 1 aromatic rings. The van der Waals surface area contributed by atoms with Crippen LogP contribution in [0.5, 0.6) is 0 Å². The summed E-state index contributed by atoms with van der Waals surface area (Å²) in [5, 5.41) is 0.0685. The molecular weight excluding hydrogens is 216 g/mol. The molecule has 0 radical (unpaired) electrons. The zero-order chi connectivity index (χ0) is 11.5. The summed E-state index contributed by atoms with van der Waals surface area (Å²) in [6.45, 7) is 3.61. The summed E-state index contributed by atoms with van der Waals surface area (Å²) >= 11 is 0. The van der Waals surface area contributed by atoms with Gasteiger partial charge < -0.3 is 10.7 Å². The van der Waals surface area contributed by atoms with Crippen LogP contribution in [0.4, 0.5) is 0 Å². The average molecular weight is 232 g/mol. The topological polar surface area (TPSA) is 101 Å². The monoisotopic (exact) mass is 232 g/mol. The Morgan fingerprint density at radius 1 is 1.60 bits per heavy atom. The summed E-state index contributed by atoms with van der Waals surface area (Å²) < 4.78 is 25.8. The molecule has 0 fully saturated rings. The highest BCUT2D eigenvalue weighted by Gasteiger charge is 2.18. The Balaban J connectivity index is 2.66. The number of imidazole rings is 1. The lowest BCUT2D eigenvalue weighted by Gasteiger charge is -2.14. The first-order chi connectivity index (χ1) is 6.92. The molecule has 7 heteroatoms. The van der Waals surface area contributed by atoms with Crippen molar-refractivity contribution in [2.24, 2.45) is 5.73 Å². The molecule has 6 nitrogen and oxygen atoms in total. The first-order valence-electron chi connectivity index (χ1n) is 4.68. The molecular formula is C8H16N4O2S.